The average Bonchev–Trinajstić information content (AvgIpc) is 2.77. The van der Waals surface area contributed by atoms with Crippen molar-refractivity contribution in [1.29, 1.82) is 0 Å². The average molecular weight is 397 g/mol. The van der Waals surface area contributed by atoms with Gasteiger partial charge in [0.2, 0.25) is 0 Å². The van der Waals surface area contributed by atoms with E-state index in [0.717, 1.165) is 5.56 Å². The molecule has 0 amide bonds. The zero-order valence-electron chi connectivity index (χ0n) is 9.29. The molecule has 0 spiro atoms. The van der Waals surface area contributed by atoms with Crippen LogP contribution in [0.5, 0.6) is 0 Å². The highest BCUT2D eigenvalue weighted by atomic mass is 127. The molecule has 0 bridgehead atoms. The maximum absolute atomic E-state index is 13.7. The highest BCUT2D eigenvalue weighted by Crippen LogP contribution is 2.26. The van der Waals surface area contributed by atoms with Crippen LogP contribution in [0.25, 0.3) is 0 Å². The molecule has 0 aliphatic heterocycles. The Labute approximate surface area is 127 Å². The Bertz CT molecular complexity index is 547. The normalized spacial score (nSPS) is 12.7. The van der Waals surface area contributed by atoms with Gasteiger partial charge in [0.25, 0.3) is 0 Å². The van der Waals surface area contributed by atoms with E-state index in [1.54, 1.807) is 23.5 Å². The minimum Gasteiger partial charge on any atom is -0.271 e. The molecule has 2 rings (SSSR count). The molecule has 1 aromatic carbocycles. The van der Waals surface area contributed by atoms with Gasteiger partial charge in [0.05, 0.1) is 8.93 Å². The van der Waals surface area contributed by atoms with Gasteiger partial charge in [-0.05, 0) is 69.8 Å². The number of hydrazine groups is 1. The van der Waals surface area contributed by atoms with Gasteiger partial charge in [0.15, 0.2) is 0 Å². The van der Waals surface area contributed by atoms with Gasteiger partial charge in [-0.25, -0.2) is 4.39 Å². The maximum atomic E-state index is 13.7. The lowest BCUT2D eigenvalue weighted by molar-refractivity contribution is 0.530. The zero-order valence-corrected chi connectivity index (χ0v) is 13.0. The molecule has 0 saturated heterocycles. The molecule has 1 unspecified atom stereocenters. The van der Waals surface area contributed by atoms with Crippen LogP contribution < -0.4 is 11.3 Å². The third-order valence-corrected chi connectivity index (χ3v) is 4.67. The molecule has 2 nitrogen and oxygen atoms in total. The summed E-state index contributed by atoms with van der Waals surface area (Å²) in [6.45, 7) is 0. The van der Waals surface area contributed by atoms with Gasteiger partial charge in [-0.15, -0.1) is 11.3 Å². The number of rotatable bonds is 4. The molecule has 1 aromatic heterocycles. The summed E-state index contributed by atoms with van der Waals surface area (Å²) in [5.74, 6) is 5.29. The Morgan fingerprint density at radius 1 is 1.44 bits per heavy atom. The van der Waals surface area contributed by atoms with Gasteiger partial charge in [-0.1, -0.05) is 11.6 Å². The largest absolute Gasteiger partial charge is 0.271 e. The molecular formula is C12H11ClFIN2S. The smallest absolute Gasteiger partial charge is 0.126 e. The van der Waals surface area contributed by atoms with Crippen LogP contribution in [0.4, 0.5) is 4.39 Å². The minimum absolute atomic E-state index is 0.113. The number of benzene rings is 1. The Balaban J connectivity index is 2.22. The molecule has 1 heterocycles. The monoisotopic (exact) mass is 396 g/mol. The van der Waals surface area contributed by atoms with Crippen molar-refractivity contribution >= 4 is 45.5 Å². The van der Waals surface area contributed by atoms with Crippen molar-refractivity contribution in [3.8, 4) is 0 Å². The number of hydrogen-bond donors (Lipinski definition) is 2. The van der Waals surface area contributed by atoms with Crippen LogP contribution in [0, 0.1) is 8.70 Å². The highest BCUT2D eigenvalue weighted by Gasteiger charge is 2.15. The van der Waals surface area contributed by atoms with Crippen molar-refractivity contribution in [3.05, 3.63) is 54.5 Å². The fraction of sp³-hybridized carbons (Fsp3) is 0.167. The third-order valence-electron chi connectivity index (χ3n) is 2.62. The van der Waals surface area contributed by atoms with Crippen LogP contribution in [0.1, 0.15) is 17.2 Å². The first kappa shape index (κ1) is 14.2. The summed E-state index contributed by atoms with van der Waals surface area (Å²) in [6.07, 6.45) is 0.468. The van der Waals surface area contributed by atoms with Crippen molar-refractivity contribution in [2.45, 2.75) is 12.5 Å². The van der Waals surface area contributed by atoms with Crippen molar-refractivity contribution in [2.75, 3.05) is 0 Å². The molecule has 0 aliphatic carbocycles. The van der Waals surface area contributed by atoms with Crippen molar-refractivity contribution in [1.82, 2.24) is 5.43 Å². The summed E-state index contributed by atoms with van der Waals surface area (Å²) in [4.78, 5) is 0. The van der Waals surface area contributed by atoms with Crippen LogP contribution >= 0.6 is 45.5 Å². The predicted molar refractivity (Wildman–Crippen MR) is 82.2 cm³/mol. The molecule has 96 valence electrons. The molecule has 0 fully saturated rings. The van der Waals surface area contributed by atoms with E-state index in [0.29, 0.717) is 17.0 Å². The summed E-state index contributed by atoms with van der Waals surface area (Å²) >= 11 is 9.76. The number of nitrogens with two attached hydrogens (primary N) is 1. The van der Waals surface area contributed by atoms with Gasteiger partial charge in [-0.2, -0.15) is 0 Å². The molecule has 0 saturated carbocycles. The van der Waals surface area contributed by atoms with E-state index in [2.05, 4.69) is 28.0 Å². The zero-order chi connectivity index (χ0) is 13.1. The summed E-state index contributed by atoms with van der Waals surface area (Å²) in [5.41, 5.74) is 4.34. The molecule has 1 atom stereocenters. The Kier molecular flexibility index (Phi) is 4.97. The van der Waals surface area contributed by atoms with Gasteiger partial charge in [0, 0.05) is 5.02 Å². The number of hydrogen-bond acceptors (Lipinski definition) is 3. The quantitative estimate of drug-likeness (QED) is 0.467. The predicted octanol–water partition coefficient (Wildman–Crippen LogP) is 3.89. The third kappa shape index (κ3) is 3.42. The SMILES string of the molecule is NNC(Cc1cc(Cl)ccc1F)c1csc(I)c1. The number of thiophene rings is 1. The fourth-order valence-corrected chi connectivity index (χ4v) is 3.32. The summed E-state index contributed by atoms with van der Waals surface area (Å²) in [6, 6.07) is 6.48. The lowest BCUT2D eigenvalue weighted by atomic mass is 10.0. The molecule has 6 heteroatoms. The summed E-state index contributed by atoms with van der Waals surface area (Å²) < 4.78 is 14.8. The summed E-state index contributed by atoms with van der Waals surface area (Å²) in [7, 11) is 0. The second-order valence-electron chi connectivity index (χ2n) is 3.84. The van der Waals surface area contributed by atoms with Gasteiger partial charge in [-0.3, -0.25) is 11.3 Å². The minimum atomic E-state index is -0.260. The van der Waals surface area contributed by atoms with Crippen LogP contribution in [-0.2, 0) is 6.42 Å². The van der Waals surface area contributed by atoms with E-state index in [1.807, 2.05) is 11.4 Å². The van der Waals surface area contributed by atoms with Crippen molar-refractivity contribution < 1.29 is 4.39 Å². The molecule has 0 radical (unpaired) electrons. The Morgan fingerprint density at radius 3 is 2.83 bits per heavy atom. The maximum Gasteiger partial charge on any atom is 0.126 e. The fourth-order valence-electron chi connectivity index (χ4n) is 1.70. The second kappa shape index (κ2) is 6.29. The van der Waals surface area contributed by atoms with E-state index >= 15 is 0 Å². The molecular weight excluding hydrogens is 386 g/mol. The lowest BCUT2D eigenvalue weighted by Crippen LogP contribution is -2.29. The number of nitrogens with one attached hydrogen (secondary N) is 1. The second-order valence-corrected chi connectivity index (χ2v) is 7.09. The lowest BCUT2D eigenvalue weighted by Gasteiger charge is -2.15. The van der Waals surface area contributed by atoms with Gasteiger partial charge >= 0.3 is 0 Å². The summed E-state index contributed by atoms with van der Waals surface area (Å²) in [5, 5.41) is 2.55. The van der Waals surface area contributed by atoms with Crippen molar-refractivity contribution in [3.63, 3.8) is 0 Å². The number of halogens is 3. The topological polar surface area (TPSA) is 38.0 Å². The van der Waals surface area contributed by atoms with Crippen LogP contribution in [-0.4, -0.2) is 0 Å². The van der Waals surface area contributed by atoms with E-state index in [-0.39, 0.29) is 11.9 Å². The first-order valence-corrected chi connectivity index (χ1v) is 7.58. The molecule has 3 N–H and O–H groups in total. The standard InChI is InChI=1S/C12H11ClFIN2S/c13-9-1-2-10(14)7(3-9)4-11(17-16)8-5-12(15)18-6-8/h1-3,5-6,11,17H,4,16H2. The first-order chi connectivity index (χ1) is 8.60. The van der Waals surface area contributed by atoms with E-state index in [4.69, 9.17) is 17.4 Å². The van der Waals surface area contributed by atoms with Crippen LogP contribution in [0.15, 0.2) is 29.6 Å². The Morgan fingerprint density at radius 2 is 2.22 bits per heavy atom. The molecule has 18 heavy (non-hydrogen) atoms. The van der Waals surface area contributed by atoms with E-state index < -0.39 is 0 Å². The van der Waals surface area contributed by atoms with Gasteiger partial charge < -0.3 is 0 Å². The van der Waals surface area contributed by atoms with E-state index in [9.17, 15) is 4.39 Å². The Hall–Kier alpha value is -0.210. The molecule has 2 aromatic rings. The van der Waals surface area contributed by atoms with Crippen LogP contribution in [0.2, 0.25) is 5.02 Å². The highest BCUT2D eigenvalue weighted by molar-refractivity contribution is 14.1. The van der Waals surface area contributed by atoms with Crippen LogP contribution in [0.3, 0.4) is 0 Å². The van der Waals surface area contributed by atoms with Gasteiger partial charge in [0.1, 0.15) is 5.82 Å². The van der Waals surface area contributed by atoms with Crippen molar-refractivity contribution in [2.24, 2.45) is 5.84 Å². The molecule has 0 aliphatic rings. The first-order valence-electron chi connectivity index (χ1n) is 5.24. The van der Waals surface area contributed by atoms with E-state index in [1.165, 1.54) is 8.95 Å².